The molecule has 6 heteroatoms. The highest BCUT2D eigenvalue weighted by Crippen LogP contribution is 2.28. The van der Waals surface area contributed by atoms with Crippen molar-refractivity contribution in [1.82, 2.24) is 15.0 Å². The molecule has 0 unspecified atom stereocenters. The highest BCUT2D eigenvalue weighted by atomic mass is 79.9. The van der Waals surface area contributed by atoms with Crippen molar-refractivity contribution in [2.75, 3.05) is 6.61 Å². The molecule has 0 fully saturated rings. The van der Waals surface area contributed by atoms with E-state index >= 15 is 0 Å². The summed E-state index contributed by atoms with van der Waals surface area (Å²) >= 11 is 4.86. The van der Waals surface area contributed by atoms with Crippen molar-refractivity contribution >= 4 is 38.7 Å². The average molecular weight is 350 g/mol. The first-order valence-corrected chi connectivity index (χ1v) is 7.78. The van der Waals surface area contributed by atoms with Crippen LogP contribution in [-0.2, 0) is 0 Å². The van der Waals surface area contributed by atoms with E-state index in [-0.39, 0.29) is 0 Å². The van der Waals surface area contributed by atoms with Crippen LogP contribution in [0.3, 0.4) is 0 Å². The van der Waals surface area contributed by atoms with Crippen molar-refractivity contribution in [3.8, 4) is 5.75 Å². The van der Waals surface area contributed by atoms with E-state index in [1.807, 2.05) is 43.3 Å². The second-order valence-corrected chi connectivity index (χ2v) is 5.88. The number of H-pyrrole nitrogens is 1. The highest BCUT2D eigenvalue weighted by molar-refractivity contribution is 9.10. The lowest BCUT2D eigenvalue weighted by molar-refractivity contribution is 0.340. The Hall–Kier alpha value is -1.53. The summed E-state index contributed by atoms with van der Waals surface area (Å²) in [4.78, 5) is 12.2. The minimum absolute atomic E-state index is 0.656. The normalized spacial score (nSPS) is 10.9. The number of fused-ring (bicyclic) bond motifs is 1. The number of nitrogens with zero attached hydrogens (tertiary/aromatic N) is 2. The van der Waals surface area contributed by atoms with Gasteiger partial charge in [0.15, 0.2) is 5.16 Å². The summed E-state index contributed by atoms with van der Waals surface area (Å²) in [6.45, 7) is 2.63. The number of ether oxygens (including phenoxy) is 1. The zero-order valence-corrected chi connectivity index (χ0v) is 13.2. The molecule has 0 aliphatic heterocycles. The van der Waals surface area contributed by atoms with Crippen LogP contribution < -0.4 is 4.74 Å². The number of nitrogens with one attached hydrogen (secondary N) is 1. The van der Waals surface area contributed by atoms with Gasteiger partial charge in [-0.15, -0.1) is 0 Å². The Kier molecular flexibility index (Phi) is 3.93. The predicted octanol–water partition coefficient (Wildman–Crippen LogP) is 4.27. The maximum absolute atomic E-state index is 5.48. The molecule has 2 aromatic heterocycles. The smallest absolute Gasteiger partial charge is 0.172 e. The number of imidazole rings is 1. The van der Waals surface area contributed by atoms with Crippen LogP contribution in [0.4, 0.5) is 0 Å². The van der Waals surface area contributed by atoms with Crippen molar-refractivity contribution in [3.05, 3.63) is 41.0 Å². The van der Waals surface area contributed by atoms with E-state index in [1.54, 1.807) is 0 Å². The molecule has 4 nitrogen and oxygen atoms in total. The summed E-state index contributed by atoms with van der Waals surface area (Å²) in [5.74, 6) is 0.848. The van der Waals surface area contributed by atoms with E-state index in [0.29, 0.717) is 6.61 Å². The first-order chi connectivity index (χ1) is 9.74. The first kappa shape index (κ1) is 13.5. The predicted molar refractivity (Wildman–Crippen MR) is 83.3 cm³/mol. The van der Waals surface area contributed by atoms with Crippen LogP contribution in [0.5, 0.6) is 5.75 Å². The van der Waals surface area contributed by atoms with Gasteiger partial charge in [-0.05, 0) is 58.9 Å². The molecule has 0 saturated carbocycles. The van der Waals surface area contributed by atoms with Gasteiger partial charge in [0, 0.05) is 6.07 Å². The Balaban J connectivity index is 1.89. The van der Waals surface area contributed by atoms with Gasteiger partial charge in [0.25, 0.3) is 0 Å². The van der Waals surface area contributed by atoms with Crippen LogP contribution >= 0.6 is 27.7 Å². The zero-order chi connectivity index (χ0) is 13.9. The molecule has 0 aliphatic carbocycles. The number of pyridine rings is 1. The van der Waals surface area contributed by atoms with Crippen LogP contribution in [-0.4, -0.2) is 21.6 Å². The maximum Gasteiger partial charge on any atom is 0.172 e. The molecule has 3 aromatic rings. The van der Waals surface area contributed by atoms with Gasteiger partial charge >= 0.3 is 0 Å². The van der Waals surface area contributed by atoms with Crippen LogP contribution in [0.1, 0.15) is 6.92 Å². The molecule has 1 aromatic carbocycles. The van der Waals surface area contributed by atoms with Crippen molar-refractivity contribution in [2.24, 2.45) is 0 Å². The fourth-order valence-electron chi connectivity index (χ4n) is 1.82. The molecule has 102 valence electrons. The molecular weight excluding hydrogens is 338 g/mol. The number of aromatic nitrogens is 3. The lowest BCUT2D eigenvalue weighted by Crippen LogP contribution is -1.90. The van der Waals surface area contributed by atoms with Gasteiger partial charge in [-0.3, -0.25) is 0 Å². The number of rotatable bonds is 4. The monoisotopic (exact) mass is 349 g/mol. The molecule has 0 spiro atoms. The molecule has 0 bridgehead atoms. The molecular formula is C14H12BrN3OS. The molecule has 0 saturated heterocycles. The standard InChI is InChI=1S/C14H12BrN3OS/c1-2-19-9-6-7-10-11(8-9)17-14(16-10)20-13-5-3-4-12(15)18-13/h3-8H,2H2,1H3,(H,16,17). The number of aromatic amines is 1. The number of hydrogen-bond acceptors (Lipinski definition) is 4. The van der Waals surface area contributed by atoms with Crippen molar-refractivity contribution < 1.29 is 4.74 Å². The third kappa shape index (κ3) is 2.96. The van der Waals surface area contributed by atoms with E-state index < -0.39 is 0 Å². The third-order valence-electron chi connectivity index (χ3n) is 2.63. The summed E-state index contributed by atoms with van der Waals surface area (Å²) < 4.78 is 6.30. The van der Waals surface area contributed by atoms with Crippen molar-refractivity contribution in [2.45, 2.75) is 17.1 Å². The van der Waals surface area contributed by atoms with E-state index in [9.17, 15) is 0 Å². The van der Waals surface area contributed by atoms with Crippen LogP contribution in [0.15, 0.2) is 51.2 Å². The summed E-state index contributed by atoms with van der Waals surface area (Å²) in [5.41, 5.74) is 1.89. The Morgan fingerprint density at radius 1 is 1.25 bits per heavy atom. The van der Waals surface area contributed by atoms with Gasteiger partial charge in [0.2, 0.25) is 0 Å². The van der Waals surface area contributed by atoms with E-state index in [2.05, 4.69) is 30.9 Å². The van der Waals surface area contributed by atoms with Crippen molar-refractivity contribution in [3.63, 3.8) is 0 Å². The summed E-state index contributed by atoms with van der Waals surface area (Å²) in [7, 11) is 0. The molecule has 0 amide bonds. The lowest BCUT2D eigenvalue weighted by atomic mass is 10.3. The van der Waals surface area contributed by atoms with E-state index in [4.69, 9.17) is 4.74 Å². The summed E-state index contributed by atoms with van der Waals surface area (Å²) in [6, 6.07) is 11.7. The van der Waals surface area contributed by atoms with Gasteiger partial charge in [0.05, 0.1) is 17.6 Å². The van der Waals surface area contributed by atoms with Crippen LogP contribution in [0, 0.1) is 0 Å². The van der Waals surface area contributed by atoms with Crippen LogP contribution in [0.2, 0.25) is 0 Å². The second kappa shape index (κ2) is 5.85. The Labute approximate surface area is 129 Å². The molecule has 1 N–H and O–H groups in total. The number of halogens is 1. The van der Waals surface area contributed by atoms with Gasteiger partial charge in [-0.1, -0.05) is 6.07 Å². The third-order valence-corrected chi connectivity index (χ3v) is 3.90. The highest BCUT2D eigenvalue weighted by Gasteiger charge is 2.07. The fourth-order valence-corrected chi connectivity index (χ4v) is 3.07. The Morgan fingerprint density at radius 3 is 2.95 bits per heavy atom. The van der Waals surface area contributed by atoms with Gasteiger partial charge in [0.1, 0.15) is 15.4 Å². The average Bonchev–Trinajstić information content (AvgIpc) is 2.80. The van der Waals surface area contributed by atoms with Crippen molar-refractivity contribution in [1.29, 1.82) is 0 Å². The Morgan fingerprint density at radius 2 is 2.15 bits per heavy atom. The van der Waals surface area contributed by atoms with Gasteiger partial charge in [-0.2, -0.15) is 0 Å². The van der Waals surface area contributed by atoms with Crippen LogP contribution in [0.25, 0.3) is 11.0 Å². The minimum Gasteiger partial charge on any atom is -0.494 e. The largest absolute Gasteiger partial charge is 0.494 e. The first-order valence-electron chi connectivity index (χ1n) is 6.17. The maximum atomic E-state index is 5.48. The quantitative estimate of drug-likeness (QED) is 0.714. The minimum atomic E-state index is 0.656. The second-order valence-electron chi connectivity index (χ2n) is 4.05. The number of benzene rings is 1. The fraction of sp³-hybridized carbons (Fsp3) is 0.143. The molecule has 2 heterocycles. The molecule has 0 aliphatic rings. The molecule has 0 radical (unpaired) electrons. The lowest BCUT2D eigenvalue weighted by Gasteiger charge is -2.00. The summed E-state index contributed by atoms with van der Waals surface area (Å²) in [5, 5.41) is 1.71. The van der Waals surface area contributed by atoms with Gasteiger partial charge in [-0.25, -0.2) is 9.97 Å². The summed E-state index contributed by atoms with van der Waals surface area (Å²) in [6.07, 6.45) is 0. The molecule has 3 rings (SSSR count). The Bertz CT molecular complexity index is 744. The molecule has 20 heavy (non-hydrogen) atoms. The van der Waals surface area contributed by atoms with E-state index in [0.717, 1.165) is 31.6 Å². The zero-order valence-electron chi connectivity index (χ0n) is 10.8. The van der Waals surface area contributed by atoms with E-state index in [1.165, 1.54) is 11.8 Å². The number of hydrogen-bond donors (Lipinski definition) is 1. The SMILES string of the molecule is CCOc1ccc2nc(Sc3cccc(Br)n3)[nH]c2c1. The topological polar surface area (TPSA) is 50.8 Å². The van der Waals surface area contributed by atoms with Gasteiger partial charge < -0.3 is 9.72 Å². The molecule has 0 atom stereocenters.